The van der Waals surface area contributed by atoms with Gasteiger partial charge in [-0.3, -0.25) is 0 Å². The molecule has 0 aromatic carbocycles. The second kappa shape index (κ2) is 4.70. The Labute approximate surface area is 115 Å². The van der Waals surface area contributed by atoms with Gasteiger partial charge in [0.15, 0.2) is 0 Å². The predicted octanol–water partition coefficient (Wildman–Crippen LogP) is 3.52. The molecule has 0 spiro atoms. The van der Waals surface area contributed by atoms with Crippen LogP contribution in [-0.4, -0.2) is 17.2 Å². The molecule has 106 valence electrons. The molecule has 2 saturated carbocycles. The Kier molecular flexibility index (Phi) is 3.51. The van der Waals surface area contributed by atoms with E-state index in [0.29, 0.717) is 0 Å². The third kappa shape index (κ3) is 2.86. The standard InChI is InChI=1S/C15H24N2O2/c1-13(2,3)19-12(18)17-15(7-5-4-6-8-15)14(11-16)9-10-14/h4-10H2,1-3H3,(H,17,18). The number of nitrogens with one attached hydrogen (secondary N) is 1. The van der Waals surface area contributed by atoms with Gasteiger partial charge in [-0.05, 0) is 46.5 Å². The van der Waals surface area contributed by atoms with Gasteiger partial charge >= 0.3 is 6.09 Å². The highest BCUT2D eigenvalue weighted by atomic mass is 16.6. The average molecular weight is 264 g/mol. The van der Waals surface area contributed by atoms with Gasteiger partial charge in [-0.1, -0.05) is 19.3 Å². The van der Waals surface area contributed by atoms with Crippen LogP contribution in [0.15, 0.2) is 0 Å². The molecule has 4 heteroatoms. The van der Waals surface area contributed by atoms with E-state index in [1.54, 1.807) is 0 Å². The maximum atomic E-state index is 12.1. The van der Waals surface area contributed by atoms with Crippen LogP contribution in [0.25, 0.3) is 0 Å². The van der Waals surface area contributed by atoms with E-state index in [2.05, 4.69) is 11.4 Å². The fourth-order valence-electron chi connectivity index (χ4n) is 3.20. The number of ether oxygens (including phenoxy) is 1. The average Bonchev–Trinajstić information content (AvgIpc) is 3.08. The van der Waals surface area contributed by atoms with Gasteiger partial charge in [0.25, 0.3) is 0 Å². The zero-order valence-corrected chi connectivity index (χ0v) is 12.2. The molecule has 2 aliphatic carbocycles. The summed E-state index contributed by atoms with van der Waals surface area (Å²) in [5, 5.41) is 12.5. The third-order valence-corrected chi connectivity index (χ3v) is 4.33. The molecule has 0 unspecified atom stereocenters. The first kappa shape index (κ1) is 14.2. The number of rotatable bonds is 2. The number of nitrogens with zero attached hydrogens (tertiary/aromatic N) is 1. The van der Waals surface area contributed by atoms with Gasteiger partial charge in [0.05, 0.1) is 17.0 Å². The van der Waals surface area contributed by atoms with Crippen LogP contribution in [0.5, 0.6) is 0 Å². The van der Waals surface area contributed by atoms with E-state index in [0.717, 1.165) is 38.5 Å². The molecule has 0 heterocycles. The maximum Gasteiger partial charge on any atom is 0.408 e. The summed E-state index contributed by atoms with van der Waals surface area (Å²) in [5.41, 5.74) is -1.20. The minimum atomic E-state index is -0.497. The van der Waals surface area contributed by atoms with Crippen molar-refractivity contribution in [2.45, 2.75) is 76.9 Å². The monoisotopic (exact) mass is 264 g/mol. The van der Waals surface area contributed by atoms with Gasteiger partial charge < -0.3 is 10.1 Å². The van der Waals surface area contributed by atoms with Crippen LogP contribution in [0.1, 0.15) is 65.7 Å². The quantitative estimate of drug-likeness (QED) is 0.830. The normalized spacial score (nSPS) is 24.1. The van der Waals surface area contributed by atoms with Crippen molar-refractivity contribution < 1.29 is 9.53 Å². The number of hydrogen-bond donors (Lipinski definition) is 1. The largest absolute Gasteiger partial charge is 0.444 e. The number of hydrogen-bond acceptors (Lipinski definition) is 3. The molecule has 0 bridgehead atoms. The molecule has 0 radical (unpaired) electrons. The highest BCUT2D eigenvalue weighted by molar-refractivity contribution is 5.69. The fraction of sp³-hybridized carbons (Fsp3) is 0.867. The topological polar surface area (TPSA) is 62.1 Å². The lowest BCUT2D eigenvalue weighted by Crippen LogP contribution is -2.56. The Balaban J connectivity index is 2.12. The zero-order chi connectivity index (χ0) is 14.1. The van der Waals surface area contributed by atoms with Gasteiger partial charge in [-0.15, -0.1) is 0 Å². The SMILES string of the molecule is CC(C)(C)OC(=O)NC1(C2(C#N)CC2)CCCCC1. The van der Waals surface area contributed by atoms with Crippen LogP contribution < -0.4 is 5.32 Å². The van der Waals surface area contributed by atoms with Crippen molar-refractivity contribution in [2.24, 2.45) is 5.41 Å². The molecule has 0 atom stereocenters. The first-order valence-corrected chi connectivity index (χ1v) is 7.25. The van der Waals surface area contributed by atoms with E-state index < -0.39 is 5.60 Å². The Morgan fingerprint density at radius 3 is 2.16 bits per heavy atom. The Hall–Kier alpha value is -1.24. The van der Waals surface area contributed by atoms with Gasteiger partial charge in [0, 0.05) is 0 Å². The number of carbonyl (C=O) groups is 1. The van der Waals surface area contributed by atoms with Crippen LogP contribution in [0.2, 0.25) is 0 Å². The minimum Gasteiger partial charge on any atom is -0.444 e. The lowest BCUT2D eigenvalue weighted by molar-refractivity contribution is 0.0365. The van der Waals surface area contributed by atoms with Gasteiger partial charge in [-0.2, -0.15) is 5.26 Å². The van der Waals surface area contributed by atoms with E-state index in [1.165, 1.54) is 6.42 Å². The number of alkyl carbamates (subject to hydrolysis) is 1. The van der Waals surface area contributed by atoms with Crippen molar-refractivity contribution in [3.05, 3.63) is 0 Å². The third-order valence-electron chi connectivity index (χ3n) is 4.33. The van der Waals surface area contributed by atoms with Crippen LogP contribution in [0, 0.1) is 16.7 Å². The summed E-state index contributed by atoms with van der Waals surface area (Å²) in [6.45, 7) is 5.58. The molecule has 0 aromatic rings. The Morgan fingerprint density at radius 1 is 1.16 bits per heavy atom. The first-order chi connectivity index (χ1) is 8.83. The van der Waals surface area contributed by atoms with Crippen molar-refractivity contribution in [1.29, 1.82) is 5.26 Å². The molecular weight excluding hydrogens is 240 g/mol. The molecule has 2 rings (SSSR count). The number of amides is 1. The highest BCUT2D eigenvalue weighted by Gasteiger charge is 2.61. The number of nitriles is 1. The summed E-state index contributed by atoms with van der Waals surface area (Å²) < 4.78 is 5.37. The molecule has 1 amide bonds. The molecule has 19 heavy (non-hydrogen) atoms. The first-order valence-electron chi connectivity index (χ1n) is 7.25. The summed E-state index contributed by atoms with van der Waals surface area (Å²) in [4.78, 5) is 12.1. The summed E-state index contributed by atoms with van der Waals surface area (Å²) in [6.07, 6.45) is 6.59. The van der Waals surface area contributed by atoms with E-state index >= 15 is 0 Å². The number of carbonyl (C=O) groups excluding carboxylic acids is 1. The highest BCUT2D eigenvalue weighted by Crippen LogP contribution is 2.58. The van der Waals surface area contributed by atoms with Crippen molar-refractivity contribution in [3.8, 4) is 6.07 Å². The Bertz CT molecular complexity index is 393. The van der Waals surface area contributed by atoms with Crippen molar-refractivity contribution >= 4 is 6.09 Å². The molecule has 0 saturated heterocycles. The van der Waals surface area contributed by atoms with E-state index in [-0.39, 0.29) is 17.0 Å². The van der Waals surface area contributed by atoms with Crippen molar-refractivity contribution in [2.75, 3.05) is 0 Å². The van der Waals surface area contributed by atoms with Crippen molar-refractivity contribution in [3.63, 3.8) is 0 Å². The minimum absolute atomic E-state index is 0.343. The van der Waals surface area contributed by atoms with Gasteiger partial charge in [-0.25, -0.2) is 4.79 Å². The fourth-order valence-corrected chi connectivity index (χ4v) is 3.20. The van der Waals surface area contributed by atoms with Crippen molar-refractivity contribution in [1.82, 2.24) is 5.32 Å². The molecule has 0 aromatic heterocycles. The second-order valence-electron chi connectivity index (χ2n) is 6.96. The molecule has 1 N–H and O–H groups in total. The lowest BCUT2D eigenvalue weighted by atomic mass is 9.71. The van der Waals surface area contributed by atoms with Gasteiger partial charge in [0.1, 0.15) is 5.60 Å². The second-order valence-corrected chi connectivity index (χ2v) is 6.96. The summed E-state index contributed by atoms with van der Waals surface area (Å²) in [7, 11) is 0. The zero-order valence-electron chi connectivity index (χ0n) is 12.2. The van der Waals surface area contributed by atoms with Crippen LogP contribution in [-0.2, 0) is 4.74 Å². The van der Waals surface area contributed by atoms with Gasteiger partial charge in [0.2, 0.25) is 0 Å². The molecule has 2 aliphatic rings. The van der Waals surface area contributed by atoms with E-state index in [1.807, 2.05) is 20.8 Å². The van der Waals surface area contributed by atoms with E-state index in [9.17, 15) is 10.1 Å². The summed E-state index contributed by atoms with van der Waals surface area (Å²) >= 11 is 0. The lowest BCUT2D eigenvalue weighted by Gasteiger charge is -2.42. The van der Waals surface area contributed by atoms with E-state index in [4.69, 9.17) is 4.74 Å². The van der Waals surface area contributed by atoms with Crippen LogP contribution in [0.4, 0.5) is 4.79 Å². The smallest absolute Gasteiger partial charge is 0.408 e. The molecular formula is C15H24N2O2. The predicted molar refractivity (Wildman–Crippen MR) is 72.5 cm³/mol. The van der Waals surface area contributed by atoms with Crippen LogP contribution >= 0.6 is 0 Å². The molecule has 0 aliphatic heterocycles. The molecule has 2 fully saturated rings. The van der Waals surface area contributed by atoms with Crippen LogP contribution in [0.3, 0.4) is 0 Å². The molecule has 4 nitrogen and oxygen atoms in total. The maximum absolute atomic E-state index is 12.1. The Morgan fingerprint density at radius 2 is 1.74 bits per heavy atom. The summed E-state index contributed by atoms with van der Waals surface area (Å²) in [5.74, 6) is 0. The summed E-state index contributed by atoms with van der Waals surface area (Å²) in [6, 6.07) is 2.46.